The highest BCUT2D eigenvalue weighted by Crippen LogP contribution is 2.15. The number of benzene rings is 1. The van der Waals surface area contributed by atoms with E-state index in [4.69, 9.17) is 0 Å². The molecule has 0 saturated carbocycles. The van der Waals surface area contributed by atoms with E-state index in [2.05, 4.69) is 69.3 Å². The molecule has 0 spiro atoms. The summed E-state index contributed by atoms with van der Waals surface area (Å²) in [6.45, 7) is 8.86. The van der Waals surface area contributed by atoms with E-state index < -0.39 is 0 Å². The first-order chi connectivity index (χ1) is 8.49. The first kappa shape index (κ1) is 15.2. The minimum atomic E-state index is 0.429. The molecule has 1 N–H and O–H groups in total. The molecule has 1 unspecified atom stereocenters. The Labute approximate surface area is 112 Å². The highest BCUT2D eigenvalue weighted by atomic mass is 15.1. The summed E-state index contributed by atoms with van der Waals surface area (Å²) in [5.41, 5.74) is 2.82. The van der Waals surface area contributed by atoms with Gasteiger partial charge in [-0.15, -0.1) is 0 Å². The fourth-order valence-corrected chi connectivity index (χ4v) is 2.04. The molecule has 2 nitrogen and oxygen atoms in total. The quantitative estimate of drug-likeness (QED) is 0.797. The molecule has 0 fully saturated rings. The monoisotopic (exact) mass is 248 g/mol. The lowest BCUT2D eigenvalue weighted by molar-refractivity contribution is 0.389. The van der Waals surface area contributed by atoms with Crippen molar-refractivity contribution in [3.05, 3.63) is 35.4 Å². The summed E-state index contributed by atoms with van der Waals surface area (Å²) in [7, 11) is 4.21. The summed E-state index contributed by atoms with van der Waals surface area (Å²) >= 11 is 0. The smallest absolute Gasteiger partial charge is 0.0292 e. The lowest BCUT2D eigenvalue weighted by atomic mass is 10.00. The van der Waals surface area contributed by atoms with E-state index in [0.29, 0.717) is 6.04 Å². The van der Waals surface area contributed by atoms with Gasteiger partial charge in [0, 0.05) is 19.1 Å². The predicted molar refractivity (Wildman–Crippen MR) is 80.0 cm³/mol. The molecule has 0 aliphatic carbocycles. The third-order valence-electron chi connectivity index (χ3n) is 3.13. The van der Waals surface area contributed by atoms with Gasteiger partial charge in [0.15, 0.2) is 0 Å². The van der Waals surface area contributed by atoms with Crippen LogP contribution in [0.25, 0.3) is 0 Å². The number of rotatable bonds is 7. The lowest BCUT2D eigenvalue weighted by Crippen LogP contribution is -2.28. The number of hydrogen-bond acceptors (Lipinski definition) is 2. The lowest BCUT2D eigenvalue weighted by Gasteiger charge is -2.17. The third-order valence-corrected chi connectivity index (χ3v) is 3.13. The van der Waals surface area contributed by atoms with Gasteiger partial charge in [-0.25, -0.2) is 0 Å². The molecule has 0 bridgehead atoms. The molecule has 1 aromatic rings. The van der Waals surface area contributed by atoms with Crippen molar-refractivity contribution in [2.75, 3.05) is 27.2 Å². The topological polar surface area (TPSA) is 15.3 Å². The number of nitrogens with one attached hydrogen (secondary N) is 1. The van der Waals surface area contributed by atoms with Crippen molar-refractivity contribution < 1.29 is 0 Å². The van der Waals surface area contributed by atoms with Gasteiger partial charge >= 0.3 is 0 Å². The highest BCUT2D eigenvalue weighted by molar-refractivity contribution is 5.25. The maximum atomic E-state index is 3.55. The summed E-state index contributed by atoms with van der Waals surface area (Å²) < 4.78 is 0. The van der Waals surface area contributed by atoms with Gasteiger partial charge < -0.3 is 10.2 Å². The molecule has 1 aromatic carbocycles. The van der Waals surface area contributed by atoms with Crippen molar-refractivity contribution in [3.8, 4) is 0 Å². The summed E-state index contributed by atoms with van der Waals surface area (Å²) in [6.07, 6.45) is 1.17. The minimum absolute atomic E-state index is 0.429. The average molecular weight is 248 g/mol. The molecule has 1 atom stereocenters. The zero-order chi connectivity index (χ0) is 13.5. The van der Waals surface area contributed by atoms with Crippen LogP contribution in [-0.2, 0) is 6.42 Å². The molecule has 0 aromatic heterocycles. The Morgan fingerprint density at radius 1 is 1.06 bits per heavy atom. The second-order valence-corrected chi connectivity index (χ2v) is 5.82. The van der Waals surface area contributed by atoms with Crippen LogP contribution in [0.1, 0.15) is 37.9 Å². The van der Waals surface area contributed by atoms with Gasteiger partial charge in [-0.1, -0.05) is 38.1 Å². The van der Waals surface area contributed by atoms with Gasteiger partial charge in [0.2, 0.25) is 0 Å². The largest absolute Gasteiger partial charge is 0.309 e. The van der Waals surface area contributed by atoms with Crippen LogP contribution in [0.3, 0.4) is 0 Å². The normalized spacial score (nSPS) is 13.3. The summed E-state index contributed by atoms with van der Waals surface area (Å²) in [6, 6.07) is 9.47. The van der Waals surface area contributed by atoms with Crippen LogP contribution in [0.5, 0.6) is 0 Å². The van der Waals surface area contributed by atoms with Crippen LogP contribution in [0.2, 0.25) is 0 Å². The van der Waals surface area contributed by atoms with Crippen LogP contribution in [0, 0.1) is 5.92 Å². The van der Waals surface area contributed by atoms with E-state index in [-0.39, 0.29) is 0 Å². The fraction of sp³-hybridized carbons (Fsp3) is 0.625. The molecule has 0 aliphatic heterocycles. The van der Waals surface area contributed by atoms with Gasteiger partial charge in [-0.3, -0.25) is 0 Å². The van der Waals surface area contributed by atoms with E-state index in [0.717, 1.165) is 19.0 Å². The van der Waals surface area contributed by atoms with Crippen LogP contribution in [0.15, 0.2) is 24.3 Å². The molecule has 0 aliphatic rings. The third kappa shape index (κ3) is 5.65. The molecule has 0 amide bonds. The Bertz CT molecular complexity index is 327. The Kier molecular flexibility index (Phi) is 6.37. The van der Waals surface area contributed by atoms with Crippen LogP contribution in [-0.4, -0.2) is 32.1 Å². The van der Waals surface area contributed by atoms with Gasteiger partial charge in [-0.2, -0.15) is 0 Å². The molecular formula is C16H28N2. The van der Waals surface area contributed by atoms with Crippen LogP contribution >= 0.6 is 0 Å². The second-order valence-electron chi connectivity index (χ2n) is 5.82. The molecule has 0 heterocycles. The van der Waals surface area contributed by atoms with Gasteiger partial charge in [0.05, 0.1) is 0 Å². The Morgan fingerprint density at radius 2 is 1.67 bits per heavy atom. The summed E-state index contributed by atoms with van der Waals surface area (Å²) in [5.74, 6) is 0.728. The predicted octanol–water partition coefficient (Wildman–Crippen LogP) is 3.10. The molecule has 18 heavy (non-hydrogen) atoms. The second kappa shape index (κ2) is 7.55. The maximum absolute atomic E-state index is 3.55. The van der Waals surface area contributed by atoms with Crippen molar-refractivity contribution in [1.82, 2.24) is 10.2 Å². The molecular weight excluding hydrogens is 220 g/mol. The summed E-state index contributed by atoms with van der Waals surface area (Å²) in [5, 5.41) is 3.55. The molecule has 102 valence electrons. The van der Waals surface area contributed by atoms with Gasteiger partial charge in [-0.05, 0) is 44.5 Å². The van der Waals surface area contributed by atoms with E-state index in [1.165, 1.54) is 17.5 Å². The maximum Gasteiger partial charge on any atom is 0.0292 e. The Morgan fingerprint density at radius 3 is 2.17 bits per heavy atom. The van der Waals surface area contributed by atoms with E-state index in [9.17, 15) is 0 Å². The standard InChI is InChI=1S/C16H28N2/c1-13(2)12-15-6-8-16(9-7-15)14(3)17-10-11-18(4)5/h6-9,13-14,17H,10-12H2,1-5H3. The van der Waals surface area contributed by atoms with Gasteiger partial charge in [0.1, 0.15) is 0 Å². The summed E-state index contributed by atoms with van der Waals surface area (Å²) in [4.78, 5) is 2.20. The van der Waals surface area contributed by atoms with E-state index in [1.54, 1.807) is 0 Å². The molecule has 0 radical (unpaired) electrons. The van der Waals surface area contributed by atoms with Crippen molar-refractivity contribution in [2.24, 2.45) is 5.92 Å². The molecule has 0 saturated heterocycles. The Hall–Kier alpha value is -0.860. The zero-order valence-electron chi connectivity index (χ0n) is 12.5. The number of nitrogens with zero attached hydrogens (tertiary/aromatic N) is 1. The van der Waals surface area contributed by atoms with E-state index in [1.807, 2.05) is 0 Å². The molecule has 1 rings (SSSR count). The number of hydrogen-bond donors (Lipinski definition) is 1. The van der Waals surface area contributed by atoms with Crippen molar-refractivity contribution >= 4 is 0 Å². The highest BCUT2D eigenvalue weighted by Gasteiger charge is 2.05. The van der Waals surface area contributed by atoms with Crippen molar-refractivity contribution in [1.29, 1.82) is 0 Å². The van der Waals surface area contributed by atoms with Crippen molar-refractivity contribution in [2.45, 2.75) is 33.2 Å². The first-order valence-electron chi connectivity index (χ1n) is 6.96. The Balaban J connectivity index is 2.46. The minimum Gasteiger partial charge on any atom is -0.309 e. The van der Waals surface area contributed by atoms with Crippen LogP contribution in [0.4, 0.5) is 0 Å². The van der Waals surface area contributed by atoms with E-state index >= 15 is 0 Å². The van der Waals surface area contributed by atoms with Crippen LogP contribution < -0.4 is 5.32 Å². The SMILES string of the molecule is CC(C)Cc1ccc(C(C)NCCN(C)C)cc1. The fourth-order valence-electron chi connectivity index (χ4n) is 2.04. The van der Waals surface area contributed by atoms with Crippen molar-refractivity contribution in [3.63, 3.8) is 0 Å². The molecule has 2 heteroatoms. The van der Waals surface area contributed by atoms with Gasteiger partial charge in [0.25, 0.3) is 0 Å². The number of likely N-dealkylation sites (N-methyl/N-ethyl adjacent to an activating group) is 1. The first-order valence-corrected chi connectivity index (χ1v) is 6.96. The average Bonchev–Trinajstić information content (AvgIpc) is 2.28. The zero-order valence-corrected chi connectivity index (χ0v) is 12.5.